The third kappa shape index (κ3) is 1.89. The molecule has 2 aliphatic rings. The molecule has 0 radical (unpaired) electrons. The summed E-state index contributed by atoms with van der Waals surface area (Å²) in [5.41, 5.74) is 0.931. The van der Waals surface area contributed by atoms with E-state index < -0.39 is 0 Å². The minimum Gasteiger partial charge on any atom is -0.472 e. The van der Waals surface area contributed by atoms with Gasteiger partial charge in [0.1, 0.15) is 12.6 Å². The number of nitrogens with zero attached hydrogens (tertiary/aromatic N) is 2. The number of hydrogen-bond acceptors (Lipinski definition) is 3. The van der Waals surface area contributed by atoms with Crippen LogP contribution < -0.4 is 0 Å². The fourth-order valence-corrected chi connectivity index (χ4v) is 2.77. The van der Waals surface area contributed by atoms with Crippen LogP contribution in [-0.4, -0.2) is 40.7 Å². The first-order chi connectivity index (χ1) is 8.75. The molecular weight excluding hydrogens is 232 g/mol. The highest BCUT2D eigenvalue weighted by Gasteiger charge is 2.40. The predicted octanol–water partition coefficient (Wildman–Crippen LogP) is 1.00. The van der Waals surface area contributed by atoms with Crippen LogP contribution in [0.3, 0.4) is 0 Å². The van der Waals surface area contributed by atoms with Crippen LogP contribution in [-0.2, 0) is 16.1 Å². The first kappa shape index (κ1) is 11.3. The Hall–Kier alpha value is -1.78. The van der Waals surface area contributed by atoms with Gasteiger partial charge in [0.2, 0.25) is 11.8 Å². The Morgan fingerprint density at radius 2 is 2.22 bits per heavy atom. The summed E-state index contributed by atoms with van der Waals surface area (Å²) in [6.45, 7) is 1.39. The van der Waals surface area contributed by atoms with Crippen LogP contribution in [0.1, 0.15) is 24.8 Å². The van der Waals surface area contributed by atoms with Crippen molar-refractivity contribution in [2.24, 2.45) is 0 Å². The molecule has 0 saturated carbocycles. The quantitative estimate of drug-likeness (QED) is 0.784. The van der Waals surface area contributed by atoms with Gasteiger partial charge in [-0.15, -0.1) is 0 Å². The van der Waals surface area contributed by atoms with Gasteiger partial charge in [-0.3, -0.25) is 9.59 Å². The van der Waals surface area contributed by atoms with Crippen LogP contribution in [0.25, 0.3) is 0 Å². The van der Waals surface area contributed by atoms with E-state index in [0.29, 0.717) is 6.54 Å². The van der Waals surface area contributed by atoms with Crippen molar-refractivity contribution in [3.63, 3.8) is 0 Å². The van der Waals surface area contributed by atoms with E-state index in [-0.39, 0.29) is 24.4 Å². The molecule has 2 saturated heterocycles. The maximum absolute atomic E-state index is 12.3. The Morgan fingerprint density at radius 3 is 3.00 bits per heavy atom. The minimum atomic E-state index is -0.230. The Kier molecular flexibility index (Phi) is 2.81. The lowest BCUT2D eigenvalue weighted by molar-refractivity contribution is -0.158. The summed E-state index contributed by atoms with van der Waals surface area (Å²) < 4.78 is 4.99. The molecular formula is C13H16N2O3. The molecule has 1 aromatic rings. The Morgan fingerprint density at radius 1 is 1.33 bits per heavy atom. The average molecular weight is 248 g/mol. The molecule has 3 rings (SSSR count). The molecule has 0 N–H and O–H groups in total. The molecule has 0 spiro atoms. The molecule has 18 heavy (non-hydrogen) atoms. The Balaban J connectivity index is 1.76. The largest absolute Gasteiger partial charge is 0.472 e. The zero-order valence-corrected chi connectivity index (χ0v) is 10.2. The zero-order chi connectivity index (χ0) is 12.5. The van der Waals surface area contributed by atoms with Crippen molar-refractivity contribution < 1.29 is 14.0 Å². The van der Waals surface area contributed by atoms with E-state index in [1.807, 2.05) is 6.07 Å². The number of amides is 2. The van der Waals surface area contributed by atoms with Crippen LogP contribution in [0, 0.1) is 0 Å². The molecule has 0 bridgehead atoms. The van der Waals surface area contributed by atoms with Gasteiger partial charge >= 0.3 is 0 Å². The third-order valence-electron chi connectivity index (χ3n) is 3.70. The van der Waals surface area contributed by atoms with Crippen LogP contribution in [0.5, 0.6) is 0 Å². The summed E-state index contributed by atoms with van der Waals surface area (Å²) in [5.74, 6) is 0.151. The fourth-order valence-electron chi connectivity index (χ4n) is 2.77. The Bertz CT molecular complexity index is 455. The predicted molar refractivity (Wildman–Crippen MR) is 63.5 cm³/mol. The van der Waals surface area contributed by atoms with Gasteiger partial charge in [-0.05, 0) is 25.3 Å². The lowest BCUT2D eigenvalue weighted by Crippen LogP contribution is -2.60. The number of piperidine rings is 1. The first-order valence-corrected chi connectivity index (χ1v) is 6.35. The van der Waals surface area contributed by atoms with Gasteiger partial charge in [0, 0.05) is 18.7 Å². The van der Waals surface area contributed by atoms with Gasteiger partial charge in [0.25, 0.3) is 0 Å². The summed E-state index contributed by atoms with van der Waals surface area (Å²) in [5, 5.41) is 0. The normalized spacial score (nSPS) is 24.3. The molecule has 2 fully saturated rings. The van der Waals surface area contributed by atoms with Gasteiger partial charge in [0.05, 0.1) is 12.5 Å². The highest BCUT2D eigenvalue weighted by atomic mass is 16.3. The van der Waals surface area contributed by atoms with E-state index in [1.54, 1.807) is 22.3 Å². The van der Waals surface area contributed by atoms with E-state index in [1.165, 1.54) is 0 Å². The van der Waals surface area contributed by atoms with E-state index >= 15 is 0 Å². The third-order valence-corrected chi connectivity index (χ3v) is 3.70. The molecule has 5 nitrogen and oxygen atoms in total. The number of hydrogen-bond donors (Lipinski definition) is 0. The fraction of sp³-hybridized carbons (Fsp3) is 0.538. The lowest BCUT2D eigenvalue weighted by atomic mass is 9.98. The number of carbonyl (C=O) groups excluding carboxylic acids is 2. The van der Waals surface area contributed by atoms with Crippen molar-refractivity contribution in [3.05, 3.63) is 24.2 Å². The number of piperazine rings is 1. The Labute approximate surface area is 105 Å². The summed E-state index contributed by atoms with van der Waals surface area (Å²) in [6.07, 6.45) is 6.03. The number of rotatable bonds is 2. The van der Waals surface area contributed by atoms with Crippen molar-refractivity contribution in [2.45, 2.75) is 31.8 Å². The molecule has 2 amide bonds. The maximum atomic E-state index is 12.3. The van der Waals surface area contributed by atoms with Crippen LogP contribution >= 0.6 is 0 Å². The van der Waals surface area contributed by atoms with Crippen molar-refractivity contribution in [1.82, 2.24) is 9.80 Å². The van der Waals surface area contributed by atoms with Gasteiger partial charge < -0.3 is 14.2 Å². The monoisotopic (exact) mass is 248 g/mol. The SMILES string of the molecule is O=C1C2CCCCN2C(=O)CN1Cc1ccoc1. The van der Waals surface area contributed by atoms with Gasteiger partial charge in [-0.25, -0.2) is 0 Å². The van der Waals surface area contributed by atoms with Gasteiger partial charge in [-0.1, -0.05) is 0 Å². The molecule has 5 heteroatoms. The van der Waals surface area contributed by atoms with Crippen molar-refractivity contribution in [1.29, 1.82) is 0 Å². The number of fused-ring (bicyclic) bond motifs is 1. The number of carbonyl (C=O) groups is 2. The van der Waals surface area contributed by atoms with Crippen LogP contribution in [0.2, 0.25) is 0 Å². The summed E-state index contributed by atoms with van der Waals surface area (Å²) in [7, 11) is 0. The second-order valence-corrected chi connectivity index (χ2v) is 4.92. The molecule has 96 valence electrons. The van der Waals surface area contributed by atoms with Crippen LogP contribution in [0.15, 0.2) is 23.0 Å². The topological polar surface area (TPSA) is 53.8 Å². The van der Waals surface area contributed by atoms with E-state index in [2.05, 4.69) is 0 Å². The molecule has 1 unspecified atom stereocenters. The van der Waals surface area contributed by atoms with Gasteiger partial charge in [0.15, 0.2) is 0 Å². The highest BCUT2D eigenvalue weighted by molar-refractivity contribution is 5.95. The van der Waals surface area contributed by atoms with Crippen molar-refractivity contribution in [2.75, 3.05) is 13.1 Å². The first-order valence-electron chi connectivity index (χ1n) is 6.35. The second kappa shape index (κ2) is 4.48. The zero-order valence-electron chi connectivity index (χ0n) is 10.2. The molecule has 1 aromatic heterocycles. The standard InChI is InChI=1S/C13H16N2O3/c16-12-8-14(7-10-4-6-18-9-10)13(17)11-3-1-2-5-15(11)12/h4,6,9,11H,1-3,5,7-8H2. The summed E-state index contributed by atoms with van der Waals surface area (Å²) in [4.78, 5) is 27.7. The molecule has 0 aliphatic carbocycles. The minimum absolute atomic E-state index is 0.0720. The van der Waals surface area contributed by atoms with E-state index in [0.717, 1.165) is 31.4 Å². The molecule has 0 aromatic carbocycles. The number of furan rings is 1. The second-order valence-electron chi connectivity index (χ2n) is 4.92. The molecule has 1 atom stereocenters. The summed E-state index contributed by atoms with van der Waals surface area (Å²) >= 11 is 0. The van der Waals surface area contributed by atoms with Crippen LogP contribution in [0.4, 0.5) is 0 Å². The van der Waals surface area contributed by atoms with Crippen molar-refractivity contribution in [3.8, 4) is 0 Å². The maximum Gasteiger partial charge on any atom is 0.246 e. The van der Waals surface area contributed by atoms with Gasteiger partial charge in [-0.2, -0.15) is 0 Å². The average Bonchev–Trinajstić information content (AvgIpc) is 2.89. The van der Waals surface area contributed by atoms with E-state index in [4.69, 9.17) is 4.42 Å². The molecule has 2 aliphatic heterocycles. The van der Waals surface area contributed by atoms with E-state index in [9.17, 15) is 9.59 Å². The molecule has 3 heterocycles. The highest BCUT2D eigenvalue weighted by Crippen LogP contribution is 2.24. The van der Waals surface area contributed by atoms with Crippen molar-refractivity contribution >= 4 is 11.8 Å². The smallest absolute Gasteiger partial charge is 0.246 e. The summed E-state index contributed by atoms with van der Waals surface area (Å²) in [6, 6.07) is 1.59. The lowest BCUT2D eigenvalue weighted by Gasteiger charge is -2.42.